The van der Waals surface area contributed by atoms with Gasteiger partial charge in [-0.15, -0.1) is 17.1 Å². The zero-order valence-electron chi connectivity index (χ0n) is 37.8. The molecular weight excluding hydrogens is 1480 g/mol. The van der Waals surface area contributed by atoms with Gasteiger partial charge < -0.3 is 61.9 Å². The van der Waals surface area contributed by atoms with E-state index in [-0.39, 0.29) is 84.0 Å². The topological polar surface area (TPSA) is 59.9 Å². The van der Waals surface area contributed by atoms with Crippen molar-refractivity contribution in [3.05, 3.63) is 224 Å². The van der Waals surface area contributed by atoms with Crippen LogP contribution >= 0.6 is 19.4 Å². The second-order valence-electron chi connectivity index (χ2n) is 14.2. The molecule has 3 saturated heterocycles. The molecule has 66 heavy (non-hydrogen) atoms. The fourth-order valence-electron chi connectivity index (χ4n) is 6.67. The Hall–Kier alpha value is -3.17. The van der Waals surface area contributed by atoms with Gasteiger partial charge in [0.25, 0.3) is 0 Å². The second-order valence-corrected chi connectivity index (χ2v) is 14.2. The molecule has 3 aliphatic rings. The largest absolute Gasteiger partial charge is 4.00 e. The SMILES string of the molecule is C.CC(O)CC(C)O.[CH3-].[CH3-].[CH3-].[I][Pt].[Pt+2].[Pt+4].[c-]1ccccc1N1[CH-]N(c2ccccc2)CC1.[c-]1ccccc1N1[CH-]N(c2ccccc2)CC1.[c-]1ccccc1N1[CH-]N(c2ccccc2)CC1. The van der Waals surface area contributed by atoms with Crippen molar-refractivity contribution in [2.24, 2.45) is 0 Å². The van der Waals surface area contributed by atoms with E-state index in [2.05, 4.69) is 194 Å². The zero-order chi connectivity index (χ0) is 42.4. The van der Waals surface area contributed by atoms with Gasteiger partial charge >= 0.3 is 77.6 Å². The second kappa shape index (κ2) is 36.8. The van der Waals surface area contributed by atoms with Crippen LogP contribution in [0.4, 0.5) is 34.1 Å². The van der Waals surface area contributed by atoms with Crippen LogP contribution in [0.1, 0.15) is 27.7 Å². The van der Waals surface area contributed by atoms with Crippen LogP contribution in [0.15, 0.2) is 164 Å². The van der Waals surface area contributed by atoms with E-state index in [1.54, 1.807) is 13.8 Å². The summed E-state index contributed by atoms with van der Waals surface area (Å²) in [5.74, 6) is 0. The predicted molar refractivity (Wildman–Crippen MR) is 280 cm³/mol. The van der Waals surface area contributed by atoms with Gasteiger partial charge in [-0.3, -0.25) is 0 Å². The molecular formula is C54H67IN6O2Pt3-3. The Kier molecular flexibility index (Phi) is 36.2. The van der Waals surface area contributed by atoms with E-state index in [1.807, 2.05) is 72.8 Å². The molecule has 6 aromatic rings. The van der Waals surface area contributed by atoms with E-state index in [9.17, 15) is 0 Å². The number of nitrogens with zero attached hydrogens (tertiary/aromatic N) is 6. The molecule has 0 saturated carbocycles. The molecule has 3 fully saturated rings. The van der Waals surface area contributed by atoms with E-state index in [0.29, 0.717) is 6.42 Å². The molecule has 0 aliphatic carbocycles. The quantitative estimate of drug-likeness (QED) is 0.115. The van der Waals surface area contributed by atoms with Gasteiger partial charge in [-0.05, 0) is 56.7 Å². The van der Waals surface area contributed by atoms with Crippen molar-refractivity contribution in [3.63, 3.8) is 0 Å². The third kappa shape index (κ3) is 21.9. The van der Waals surface area contributed by atoms with Crippen LogP contribution in [0.5, 0.6) is 0 Å². The van der Waals surface area contributed by atoms with E-state index < -0.39 is 0 Å². The minimum Gasteiger partial charge on any atom is -0.522 e. The van der Waals surface area contributed by atoms with E-state index in [1.165, 1.54) is 17.1 Å². The minimum atomic E-state index is -0.375. The van der Waals surface area contributed by atoms with Crippen molar-refractivity contribution < 1.29 is 68.5 Å². The van der Waals surface area contributed by atoms with Gasteiger partial charge in [0.1, 0.15) is 0 Å². The van der Waals surface area contributed by atoms with Crippen molar-refractivity contribution in [2.75, 3.05) is 68.7 Å². The number of hydrogen-bond donors (Lipinski definition) is 2. The van der Waals surface area contributed by atoms with Gasteiger partial charge in [-0.1, -0.05) is 62.0 Å². The molecule has 0 radical (unpaired) electrons. The first-order valence-electron chi connectivity index (χ1n) is 20.1. The van der Waals surface area contributed by atoms with Gasteiger partial charge in [0.15, 0.2) is 0 Å². The Balaban J connectivity index is 0. The van der Waals surface area contributed by atoms with Crippen molar-refractivity contribution in [2.45, 2.75) is 39.9 Å². The molecule has 9 rings (SSSR count). The van der Waals surface area contributed by atoms with Gasteiger partial charge in [0.05, 0.1) is 12.2 Å². The molecule has 0 spiro atoms. The molecule has 6 aromatic carbocycles. The van der Waals surface area contributed by atoms with Gasteiger partial charge in [0, 0.05) is 56.3 Å². The first-order valence-corrected chi connectivity index (χ1v) is 26.6. The summed E-state index contributed by atoms with van der Waals surface area (Å²) in [5.41, 5.74) is 7.12. The van der Waals surface area contributed by atoms with E-state index in [0.717, 1.165) is 56.3 Å². The molecule has 2 N–H and O–H groups in total. The van der Waals surface area contributed by atoms with Gasteiger partial charge in [-0.25, -0.2) is 0 Å². The Bertz CT molecular complexity index is 1630. The summed E-state index contributed by atoms with van der Waals surface area (Å²) in [7, 11) is 0. The van der Waals surface area contributed by atoms with Crippen LogP contribution in [0.3, 0.4) is 0 Å². The third-order valence-corrected chi connectivity index (χ3v) is 9.53. The Morgan fingerprint density at radius 1 is 0.455 bits per heavy atom. The molecule has 2 unspecified atom stereocenters. The summed E-state index contributed by atoms with van der Waals surface area (Å²) in [5, 5.41) is 17.1. The summed E-state index contributed by atoms with van der Waals surface area (Å²) in [6, 6.07) is 65.4. The number of halogens is 1. The van der Waals surface area contributed by atoms with E-state index >= 15 is 0 Å². The van der Waals surface area contributed by atoms with Crippen molar-refractivity contribution >= 4 is 53.5 Å². The molecule has 0 bridgehead atoms. The maximum atomic E-state index is 8.56. The molecule has 12 heteroatoms. The number of hydrogen-bond acceptors (Lipinski definition) is 8. The van der Waals surface area contributed by atoms with Crippen molar-refractivity contribution in [1.82, 2.24) is 0 Å². The maximum absolute atomic E-state index is 8.56. The normalized spacial score (nSPS) is 13.9. The summed E-state index contributed by atoms with van der Waals surface area (Å²) in [6.07, 6.45) is -0.278. The van der Waals surface area contributed by atoms with Crippen LogP contribution in [0.25, 0.3) is 0 Å². The fourth-order valence-corrected chi connectivity index (χ4v) is 6.67. The summed E-state index contributed by atoms with van der Waals surface area (Å²) < 4.78 is 0. The molecule has 365 valence electrons. The minimum absolute atomic E-state index is 0. The summed E-state index contributed by atoms with van der Waals surface area (Å²) in [6.45, 7) is 15.9. The van der Waals surface area contributed by atoms with Crippen LogP contribution in [-0.4, -0.2) is 61.7 Å². The van der Waals surface area contributed by atoms with Crippen LogP contribution in [0, 0.1) is 60.5 Å². The average Bonchev–Trinajstić information content (AvgIpc) is 4.12. The predicted octanol–water partition coefficient (Wildman–Crippen LogP) is 11.8. The first kappa shape index (κ1) is 64.9. The standard InChI is InChI=1S/3C15H14N2.C5H12O2.CH4.3CH3.HI.3Pt/c3*1-3-7-14(8-4-1)16-11-12-17(13-16)15-9-5-2-6-10-15;1-4(6)3-5(2)7;;;;;;;;/h3*1-9,13H,11-12H2;4-7H,3H2,1-2H3;1H4;3*1H3;1H;;;/q3*-2;;;3*-1;;+1;+2;+4/p-1. The number of benzene rings is 6. The average molecular weight is 1540 g/mol. The van der Waals surface area contributed by atoms with Crippen LogP contribution < -0.4 is 29.4 Å². The molecule has 8 nitrogen and oxygen atoms in total. The maximum Gasteiger partial charge on any atom is 4.00 e. The number of aliphatic hydroxyl groups excluding tert-OH is 2. The van der Waals surface area contributed by atoms with Crippen molar-refractivity contribution in [3.8, 4) is 0 Å². The third-order valence-electron chi connectivity index (χ3n) is 9.53. The van der Waals surface area contributed by atoms with Crippen LogP contribution in [-0.2, 0) is 58.3 Å². The number of rotatable bonds is 8. The molecule has 2 atom stereocenters. The number of anilines is 6. The smallest absolute Gasteiger partial charge is 0.522 e. The summed E-state index contributed by atoms with van der Waals surface area (Å²) >= 11 is 4.23. The fraction of sp³-hybridized carbons (Fsp3) is 0.222. The number of aliphatic hydroxyl groups is 2. The van der Waals surface area contributed by atoms with Crippen LogP contribution in [0.2, 0.25) is 0 Å². The molecule has 0 amide bonds. The molecule has 3 heterocycles. The van der Waals surface area contributed by atoms with Crippen molar-refractivity contribution in [1.29, 1.82) is 0 Å². The molecule has 3 aliphatic heterocycles. The zero-order valence-corrected chi connectivity index (χ0v) is 46.8. The van der Waals surface area contributed by atoms with Gasteiger partial charge in [0.2, 0.25) is 0 Å². The molecule has 0 aromatic heterocycles. The monoisotopic (exact) mass is 1540 g/mol. The summed E-state index contributed by atoms with van der Waals surface area (Å²) in [4.78, 5) is 13.5. The number of para-hydroxylation sites is 6. The van der Waals surface area contributed by atoms with Gasteiger partial charge in [-0.2, -0.15) is 111 Å². The Morgan fingerprint density at radius 3 is 0.879 bits per heavy atom. The Morgan fingerprint density at radius 2 is 0.682 bits per heavy atom. The van der Waals surface area contributed by atoms with E-state index in [4.69, 9.17) is 10.2 Å². The first-order chi connectivity index (χ1) is 29.4. The Labute approximate surface area is 450 Å².